The third-order valence-corrected chi connectivity index (χ3v) is 3.58. The van der Waals surface area contributed by atoms with Crippen molar-refractivity contribution in [2.75, 3.05) is 13.1 Å². The summed E-state index contributed by atoms with van der Waals surface area (Å²) in [5, 5.41) is 4.33. The molecule has 0 bridgehead atoms. The van der Waals surface area contributed by atoms with Crippen LogP contribution in [0.15, 0.2) is 18.5 Å². The number of nitrogens with zero attached hydrogens (tertiary/aromatic N) is 1. The van der Waals surface area contributed by atoms with E-state index < -0.39 is 0 Å². The quantitative estimate of drug-likeness (QED) is 0.814. The van der Waals surface area contributed by atoms with Gasteiger partial charge in [-0.25, -0.2) is 0 Å². The molecule has 102 valence electrons. The van der Waals surface area contributed by atoms with Crippen LogP contribution in [0.3, 0.4) is 0 Å². The summed E-state index contributed by atoms with van der Waals surface area (Å²) in [5.41, 5.74) is 1.21. The molecular formula is C15H25ClN2. The Kier molecular flexibility index (Phi) is 6.66. The molecule has 1 atom stereocenters. The molecule has 2 nitrogen and oxygen atoms in total. The Morgan fingerprint density at radius 2 is 1.94 bits per heavy atom. The van der Waals surface area contributed by atoms with Crippen LogP contribution in [0, 0.1) is 17.8 Å². The third-order valence-electron chi connectivity index (χ3n) is 3.24. The molecule has 0 fully saturated rings. The van der Waals surface area contributed by atoms with Gasteiger partial charge in [0.1, 0.15) is 0 Å². The first-order chi connectivity index (χ1) is 8.50. The topological polar surface area (TPSA) is 24.9 Å². The molecule has 1 unspecified atom stereocenters. The van der Waals surface area contributed by atoms with Gasteiger partial charge in [-0.05, 0) is 48.9 Å². The maximum Gasteiger partial charge on any atom is 0.0621 e. The first kappa shape index (κ1) is 15.5. The van der Waals surface area contributed by atoms with Crippen LogP contribution in [0.25, 0.3) is 0 Å². The van der Waals surface area contributed by atoms with Crippen LogP contribution in [0.1, 0.15) is 33.3 Å². The molecule has 1 rings (SSSR count). The normalized spacial score (nSPS) is 13.3. The predicted molar refractivity (Wildman–Crippen MR) is 79.0 cm³/mol. The maximum absolute atomic E-state index is 6.17. The fraction of sp³-hybridized carbons (Fsp3) is 0.667. The Morgan fingerprint density at radius 3 is 2.50 bits per heavy atom. The molecule has 1 aromatic rings. The predicted octanol–water partition coefficient (Wildman–Crippen LogP) is 3.80. The van der Waals surface area contributed by atoms with Gasteiger partial charge in [-0.15, -0.1) is 0 Å². The lowest BCUT2D eigenvalue weighted by Gasteiger charge is -2.22. The number of nitrogens with one attached hydrogen (secondary N) is 1. The van der Waals surface area contributed by atoms with E-state index in [1.807, 2.05) is 12.3 Å². The van der Waals surface area contributed by atoms with Crippen LogP contribution in [0.5, 0.6) is 0 Å². The van der Waals surface area contributed by atoms with E-state index in [0.717, 1.165) is 24.5 Å². The summed E-state index contributed by atoms with van der Waals surface area (Å²) in [4.78, 5) is 4.03. The highest BCUT2D eigenvalue weighted by Crippen LogP contribution is 2.21. The minimum absolute atomic E-state index is 0.614. The Bertz CT molecular complexity index is 350. The van der Waals surface area contributed by atoms with Gasteiger partial charge in [-0.3, -0.25) is 4.98 Å². The first-order valence-corrected chi connectivity index (χ1v) is 7.17. The zero-order valence-corrected chi connectivity index (χ0v) is 12.7. The molecule has 0 amide bonds. The number of rotatable bonds is 7. The van der Waals surface area contributed by atoms with Gasteiger partial charge in [0.05, 0.1) is 5.02 Å². The third kappa shape index (κ3) is 5.36. The van der Waals surface area contributed by atoms with Crippen LogP contribution in [-0.2, 0) is 6.42 Å². The Labute approximate surface area is 116 Å². The Balaban J connectivity index is 2.55. The lowest BCUT2D eigenvalue weighted by Crippen LogP contribution is -2.30. The zero-order chi connectivity index (χ0) is 13.5. The second-order valence-corrected chi connectivity index (χ2v) is 6.13. The summed E-state index contributed by atoms with van der Waals surface area (Å²) in [6, 6.07) is 2.03. The number of hydrogen-bond acceptors (Lipinski definition) is 2. The largest absolute Gasteiger partial charge is 0.316 e. The van der Waals surface area contributed by atoms with Crippen molar-refractivity contribution in [1.82, 2.24) is 10.3 Å². The minimum Gasteiger partial charge on any atom is -0.316 e. The van der Waals surface area contributed by atoms with Crippen LogP contribution in [0.2, 0.25) is 5.02 Å². The number of hydrogen-bond donors (Lipinski definition) is 1. The SMILES string of the molecule is CC(C)CNCC(Cc1ccncc1Cl)C(C)C. The van der Waals surface area contributed by atoms with Gasteiger partial charge in [0.25, 0.3) is 0 Å². The van der Waals surface area contributed by atoms with Crippen LogP contribution >= 0.6 is 11.6 Å². The Morgan fingerprint density at radius 1 is 1.22 bits per heavy atom. The second kappa shape index (κ2) is 7.75. The molecule has 0 radical (unpaired) electrons. The van der Waals surface area contributed by atoms with Crippen molar-refractivity contribution in [3.63, 3.8) is 0 Å². The van der Waals surface area contributed by atoms with E-state index >= 15 is 0 Å². The summed E-state index contributed by atoms with van der Waals surface area (Å²) >= 11 is 6.17. The minimum atomic E-state index is 0.614. The second-order valence-electron chi connectivity index (χ2n) is 5.73. The molecule has 0 aliphatic rings. The first-order valence-electron chi connectivity index (χ1n) is 6.79. The molecule has 0 spiro atoms. The van der Waals surface area contributed by atoms with Gasteiger partial charge in [0.15, 0.2) is 0 Å². The summed E-state index contributed by atoms with van der Waals surface area (Å²) < 4.78 is 0. The zero-order valence-electron chi connectivity index (χ0n) is 11.9. The average molecular weight is 269 g/mol. The monoisotopic (exact) mass is 268 g/mol. The van der Waals surface area contributed by atoms with Crippen molar-refractivity contribution in [2.24, 2.45) is 17.8 Å². The van der Waals surface area contributed by atoms with Crippen molar-refractivity contribution in [3.05, 3.63) is 29.0 Å². The van der Waals surface area contributed by atoms with E-state index in [0.29, 0.717) is 17.8 Å². The Hall–Kier alpha value is -0.600. The van der Waals surface area contributed by atoms with E-state index in [1.165, 1.54) is 5.56 Å². The fourth-order valence-corrected chi connectivity index (χ4v) is 2.15. The van der Waals surface area contributed by atoms with Crippen molar-refractivity contribution < 1.29 is 0 Å². The van der Waals surface area contributed by atoms with Gasteiger partial charge < -0.3 is 5.32 Å². The van der Waals surface area contributed by atoms with Crippen molar-refractivity contribution in [1.29, 1.82) is 0 Å². The van der Waals surface area contributed by atoms with Gasteiger partial charge in [0.2, 0.25) is 0 Å². The average Bonchev–Trinajstić information content (AvgIpc) is 2.29. The molecule has 0 aliphatic carbocycles. The molecule has 0 saturated heterocycles. The molecule has 0 aliphatic heterocycles. The summed E-state index contributed by atoms with van der Waals surface area (Å²) in [6.45, 7) is 11.1. The van der Waals surface area contributed by atoms with Gasteiger partial charge in [-0.2, -0.15) is 0 Å². The van der Waals surface area contributed by atoms with Gasteiger partial charge >= 0.3 is 0 Å². The highest BCUT2D eigenvalue weighted by Gasteiger charge is 2.15. The van der Waals surface area contributed by atoms with Crippen LogP contribution < -0.4 is 5.32 Å². The molecule has 18 heavy (non-hydrogen) atoms. The highest BCUT2D eigenvalue weighted by atomic mass is 35.5. The highest BCUT2D eigenvalue weighted by molar-refractivity contribution is 6.31. The molecule has 3 heteroatoms. The van der Waals surface area contributed by atoms with Gasteiger partial charge in [-0.1, -0.05) is 39.3 Å². The summed E-state index contributed by atoms with van der Waals surface area (Å²) in [5.74, 6) is 1.96. The van der Waals surface area contributed by atoms with E-state index in [9.17, 15) is 0 Å². The molecule has 0 aromatic carbocycles. The van der Waals surface area contributed by atoms with E-state index in [2.05, 4.69) is 38.0 Å². The summed E-state index contributed by atoms with van der Waals surface area (Å²) in [7, 11) is 0. The number of aromatic nitrogens is 1. The number of pyridine rings is 1. The molecule has 1 aromatic heterocycles. The fourth-order valence-electron chi connectivity index (χ4n) is 1.95. The molecular weight excluding hydrogens is 244 g/mol. The summed E-state index contributed by atoms with van der Waals surface area (Å²) in [6.07, 6.45) is 4.57. The van der Waals surface area contributed by atoms with E-state index in [4.69, 9.17) is 11.6 Å². The van der Waals surface area contributed by atoms with E-state index in [1.54, 1.807) is 6.20 Å². The molecule has 1 N–H and O–H groups in total. The van der Waals surface area contributed by atoms with Crippen LogP contribution in [0.4, 0.5) is 0 Å². The van der Waals surface area contributed by atoms with Crippen molar-refractivity contribution in [2.45, 2.75) is 34.1 Å². The van der Waals surface area contributed by atoms with Crippen molar-refractivity contribution >= 4 is 11.6 Å². The number of halogens is 1. The van der Waals surface area contributed by atoms with E-state index in [-0.39, 0.29) is 0 Å². The van der Waals surface area contributed by atoms with Gasteiger partial charge in [0, 0.05) is 12.4 Å². The lowest BCUT2D eigenvalue weighted by molar-refractivity contribution is 0.352. The van der Waals surface area contributed by atoms with Crippen LogP contribution in [-0.4, -0.2) is 18.1 Å². The maximum atomic E-state index is 6.17. The lowest BCUT2D eigenvalue weighted by atomic mass is 9.89. The van der Waals surface area contributed by atoms with Crippen molar-refractivity contribution in [3.8, 4) is 0 Å². The smallest absolute Gasteiger partial charge is 0.0621 e. The molecule has 1 heterocycles. The standard InChI is InChI=1S/C15H25ClN2/c1-11(2)8-18-9-14(12(3)4)7-13-5-6-17-10-15(13)16/h5-6,10-12,14,18H,7-9H2,1-4H3. The molecule has 0 saturated carbocycles.